The molecule has 1 heterocycles. The highest BCUT2D eigenvalue weighted by atomic mass is 32.2. The van der Waals surface area contributed by atoms with E-state index in [1.807, 2.05) is 55.5 Å². The van der Waals surface area contributed by atoms with Crippen LogP contribution in [-0.4, -0.2) is 32.2 Å². The third-order valence-corrected chi connectivity index (χ3v) is 5.69. The van der Waals surface area contributed by atoms with Gasteiger partial charge in [-0.2, -0.15) is 8.42 Å². The Morgan fingerprint density at radius 1 is 1.11 bits per heavy atom. The highest BCUT2D eigenvalue weighted by Gasteiger charge is 2.41. The number of nitrogens with zero attached hydrogens (tertiary/aromatic N) is 1. The van der Waals surface area contributed by atoms with Crippen molar-refractivity contribution in [2.45, 2.75) is 32.0 Å². The lowest BCUT2D eigenvalue weighted by Gasteiger charge is -2.45. The molecule has 0 unspecified atom stereocenters. The van der Waals surface area contributed by atoms with Crippen molar-refractivity contribution in [1.82, 2.24) is 4.90 Å². The fourth-order valence-corrected chi connectivity index (χ4v) is 4.57. The van der Waals surface area contributed by atoms with Crippen LogP contribution in [0.25, 0.3) is 0 Å². The minimum atomic E-state index is -3.60. The first-order valence-corrected chi connectivity index (χ1v) is 11.0. The van der Waals surface area contributed by atoms with Crippen LogP contribution in [0.15, 0.2) is 72.8 Å². The molecule has 0 amide bonds. The number of likely N-dealkylation sites (tertiary alicyclic amines) is 1. The van der Waals surface area contributed by atoms with Crippen LogP contribution >= 0.6 is 0 Å². The summed E-state index contributed by atoms with van der Waals surface area (Å²) in [5, 5.41) is 0. The van der Waals surface area contributed by atoms with Crippen molar-refractivity contribution in [3.8, 4) is 0 Å². The number of hydrogen-bond acceptors (Lipinski definition) is 4. The van der Waals surface area contributed by atoms with Crippen molar-refractivity contribution < 1.29 is 12.6 Å². The van der Waals surface area contributed by atoms with Gasteiger partial charge in [0.2, 0.25) is 0 Å². The molecule has 144 valence electrons. The van der Waals surface area contributed by atoms with Crippen LogP contribution in [0.5, 0.6) is 0 Å². The fourth-order valence-electron chi connectivity index (χ4n) is 3.93. The zero-order valence-corrected chi connectivity index (χ0v) is 16.7. The monoisotopic (exact) mass is 385 g/mol. The topological polar surface area (TPSA) is 46.6 Å². The molecule has 0 bridgehead atoms. The Hall–Kier alpha value is -1.95. The molecule has 1 saturated heterocycles. The van der Waals surface area contributed by atoms with Gasteiger partial charge in [-0.25, -0.2) is 0 Å². The van der Waals surface area contributed by atoms with E-state index in [-0.39, 0.29) is 12.0 Å². The smallest absolute Gasteiger partial charge is 0.264 e. The van der Waals surface area contributed by atoms with Crippen LogP contribution < -0.4 is 0 Å². The van der Waals surface area contributed by atoms with Gasteiger partial charge in [-0.15, -0.1) is 0 Å². The number of rotatable bonds is 6. The number of hydrogen-bond donors (Lipinski definition) is 0. The third-order valence-electron chi connectivity index (χ3n) is 5.12. The second-order valence-electron chi connectivity index (χ2n) is 7.32. The van der Waals surface area contributed by atoms with Gasteiger partial charge < -0.3 is 0 Å². The third kappa shape index (κ3) is 5.06. The van der Waals surface area contributed by atoms with E-state index in [9.17, 15) is 8.42 Å². The molecular weight excluding hydrogens is 358 g/mol. The molecule has 0 aromatic heterocycles. The Balaban J connectivity index is 2.01. The Bertz CT molecular complexity index is 865. The average molecular weight is 386 g/mol. The highest BCUT2D eigenvalue weighted by Crippen LogP contribution is 2.40. The summed E-state index contributed by atoms with van der Waals surface area (Å²) >= 11 is 0. The maximum Gasteiger partial charge on any atom is 0.264 e. The van der Waals surface area contributed by atoms with Gasteiger partial charge in [-0.3, -0.25) is 9.08 Å². The zero-order valence-electron chi connectivity index (χ0n) is 15.9. The quantitative estimate of drug-likeness (QED) is 0.553. The van der Waals surface area contributed by atoms with E-state index < -0.39 is 16.2 Å². The molecule has 0 spiro atoms. The summed E-state index contributed by atoms with van der Waals surface area (Å²) in [5.74, 6) is -0.00282. The maximum atomic E-state index is 12.0. The molecular formula is C22H27NO3S. The van der Waals surface area contributed by atoms with Crippen LogP contribution in [0.4, 0.5) is 0 Å². The van der Waals surface area contributed by atoms with Crippen LogP contribution in [0.1, 0.15) is 30.5 Å². The summed E-state index contributed by atoms with van der Waals surface area (Å²) in [6.07, 6.45) is 1.46. The molecule has 3 atom stereocenters. The first-order chi connectivity index (χ1) is 12.8. The first kappa shape index (κ1) is 19.8. The second-order valence-corrected chi connectivity index (χ2v) is 8.92. The Kier molecular flexibility index (Phi) is 6.15. The lowest BCUT2D eigenvalue weighted by Crippen LogP contribution is -2.48. The molecule has 0 aliphatic carbocycles. The molecule has 3 rings (SSSR count). The lowest BCUT2D eigenvalue weighted by atomic mass is 9.80. The van der Waals surface area contributed by atoms with Gasteiger partial charge in [0.15, 0.2) is 0 Å². The molecule has 0 saturated carbocycles. The van der Waals surface area contributed by atoms with Crippen LogP contribution in [0.3, 0.4) is 0 Å². The summed E-state index contributed by atoms with van der Waals surface area (Å²) in [6.45, 7) is 7.66. The van der Waals surface area contributed by atoms with Crippen molar-refractivity contribution in [2.24, 2.45) is 5.92 Å². The van der Waals surface area contributed by atoms with Crippen LogP contribution in [0.2, 0.25) is 0 Å². The van der Waals surface area contributed by atoms with Gasteiger partial charge in [0.25, 0.3) is 10.1 Å². The average Bonchev–Trinajstić information content (AvgIpc) is 2.62. The van der Waals surface area contributed by atoms with Gasteiger partial charge in [0.1, 0.15) is 6.10 Å². The molecule has 4 nitrogen and oxygen atoms in total. The van der Waals surface area contributed by atoms with Crippen molar-refractivity contribution in [2.75, 3.05) is 12.8 Å². The molecule has 1 aliphatic heterocycles. The molecule has 5 heteroatoms. The Morgan fingerprint density at radius 3 is 2.26 bits per heavy atom. The molecule has 1 fully saturated rings. The SMILES string of the molecule is C=C(C)[C@@H]1CCN(Cc2ccccc2)[C@@H](c2ccccc2)[C@@H]1OS(C)(=O)=O. The summed E-state index contributed by atoms with van der Waals surface area (Å²) in [7, 11) is -3.60. The van der Waals surface area contributed by atoms with Gasteiger partial charge in [0.05, 0.1) is 12.3 Å². The van der Waals surface area contributed by atoms with E-state index >= 15 is 0 Å². The van der Waals surface area contributed by atoms with Crippen molar-refractivity contribution >= 4 is 10.1 Å². The molecule has 2 aromatic rings. The number of benzene rings is 2. The van der Waals surface area contributed by atoms with Gasteiger partial charge in [-0.1, -0.05) is 72.8 Å². The molecule has 27 heavy (non-hydrogen) atoms. The van der Waals surface area contributed by atoms with E-state index in [4.69, 9.17) is 4.18 Å². The van der Waals surface area contributed by atoms with Crippen LogP contribution in [-0.2, 0) is 20.8 Å². The van der Waals surface area contributed by atoms with E-state index in [2.05, 4.69) is 23.6 Å². The normalized spacial score (nSPS) is 23.9. The predicted octanol–water partition coefficient (Wildman–Crippen LogP) is 4.17. The predicted molar refractivity (Wildman–Crippen MR) is 109 cm³/mol. The highest BCUT2D eigenvalue weighted by molar-refractivity contribution is 7.86. The molecule has 2 aromatic carbocycles. The lowest BCUT2D eigenvalue weighted by molar-refractivity contribution is -0.00429. The standard InChI is InChI=1S/C22H27NO3S/c1-17(2)20-14-15-23(16-18-10-6-4-7-11-18)21(19-12-8-5-9-13-19)22(20)26-27(3,24)25/h4-13,20-22H,1,14-16H2,2-3H3/t20-,21-,22+/m0/s1. The van der Waals surface area contributed by atoms with Gasteiger partial charge in [0, 0.05) is 12.5 Å². The van der Waals surface area contributed by atoms with Crippen molar-refractivity contribution in [1.29, 1.82) is 0 Å². The van der Waals surface area contributed by atoms with E-state index in [1.54, 1.807) is 0 Å². The summed E-state index contributed by atoms with van der Waals surface area (Å²) in [5.41, 5.74) is 3.22. The number of piperidine rings is 1. The van der Waals surface area contributed by atoms with Crippen molar-refractivity contribution in [3.63, 3.8) is 0 Å². The van der Waals surface area contributed by atoms with Crippen LogP contribution in [0, 0.1) is 5.92 Å². The minimum Gasteiger partial charge on any atom is -0.289 e. The summed E-state index contributed by atoms with van der Waals surface area (Å²) in [6, 6.07) is 20.1. The minimum absolute atomic E-state index is 0.00282. The van der Waals surface area contributed by atoms with Gasteiger partial charge in [-0.05, 0) is 31.0 Å². The Labute approximate surface area is 162 Å². The van der Waals surface area contributed by atoms with E-state index in [1.165, 1.54) is 5.56 Å². The molecule has 0 radical (unpaired) electrons. The molecule has 0 N–H and O–H groups in total. The molecule has 1 aliphatic rings. The first-order valence-electron chi connectivity index (χ1n) is 9.22. The zero-order chi connectivity index (χ0) is 19.4. The fraction of sp³-hybridized carbons (Fsp3) is 0.364. The second kappa shape index (κ2) is 8.38. The largest absolute Gasteiger partial charge is 0.289 e. The summed E-state index contributed by atoms with van der Waals surface area (Å²) in [4.78, 5) is 2.32. The van der Waals surface area contributed by atoms with Crippen molar-refractivity contribution in [3.05, 3.63) is 83.9 Å². The van der Waals surface area contributed by atoms with E-state index in [0.29, 0.717) is 0 Å². The van der Waals surface area contributed by atoms with Gasteiger partial charge >= 0.3 is 0 Å². The summed E-state index contributed by atoms with van der Waals surface area (Å²) < 4.78 is 29.7. The Morgan fingerprint density at radius 2 is 1.70 bits per heavy atom. The maximum absolute atomic E-state index is 12.0. The van der Waals surface area contributed by atoms with E-state index in [0.717, 1.165) is 36.9 Å².